The highest BCUT2D eigenvalue weighted by molar-refractivity contribution is 6.35. The molecule has 1 N–H and O–H groups in total. The molecule has 1 aliphatic heterocycles. The largest absolute Gasteiger partial charge is 0.378 e. The fraction of sp³-hybridized carbons (Fsp3) is 0.231. The number of fused-ring (bicyclic) bond motifs is 6. The second kappa shape index (κ2) is 6.80. The van der Waals surface area contributed by atoms with Gasteiger partial charge >= 0.3 is 0 Å². The number of aryl methyl sites for hydroxylation is 1. The van der Waals surface area contributed by atoms with Crippen LogP contribution in [0.15, 0.2) is 66.7 Å². The summed E-state index contributed by atoms with van der Waals surface area (Å²) in [5.41, 5.74) is 6.15. The van der Waals surface area contributed by atoms with Crippen molar-refractivity contribution in [3.63, 3.8) is 0 Å². The molecule has 4 heteroatoms. The second-order valence-electron chi connectivity index (χ2n) is 8.36. The molecule has 0 saturated carbocycles. The Kier molecular flexibility index (Phi) is 4.16. The van der Waals surface area contributed by atoms with E-state index in [1.807, 2.05) is 12.1 Å². The molecule has 3 atom stereocenters. The van der Waals surface area contributed by atoms with E-state index in [4.69, 9.17) is 23.2 Å². The molecule has 6 rings (SSSR count). The Hall–Kier alpha value is -2.42. The predicted octanol–water partition coefficient (Wildman–Crippen LogP) is 7.95. The van der Waals surface area contributed by atoms with Gasteiger partial charge in [0, 0.05) is 55.6 Å². The Balaban J connectivity index is 1.53. The summed E-state index contributed by atoms with van der Waals surface area (Å²) in [5, 5.41) is 7.86. The van der Waals surface area contributed by atoms with Gasteiger partial charge < -0.3 is 9.88 Å². The summed E-state index contributed by atoms with van der Waals surface area (Å²) in [6.07, 6.45) is 5.67. The van der Waals surface area contributed by atoms with Crippen molar-refractivity contribution in [2.24, 2.45) is 5.92 Å². The van der Waals surface area contributed by atoms with E-state index >= 15 is 0 Å². The van der Waals surface area contributed by atoms with Crippen LogP contribution in [0.2, 0.25) is 10.0 Å². The topological polar surface area (TPSA) is 17.0 Å². The van der Waals surface area contributed by atoms with Gasteiger partial charge in [-0.3, -0.25) is 0 Å². The number of nitrogens with one attached hydrogen (secondary N) is 1. The molecule has 4 aromatic rings. The highest BCUT2D eigenvalue weighted by Gasteiger charge is 2.39. The molecular formula is C26H22Cl2N2. The molecule has 1 aliphatic carbocycles. The third kappa shape index (κ3) is 2.57. The molecule has 2 nitrogen and oxygen atoms in total. The molecular weight excluding hydrogens is 411 g/mol. The van der Waals surface area contributed by atoms with Gasteiger partial charge in [0.25, 0.3) is 0 Å². The lowest BCUT2D eigenvalue weighted by molar-refractivity contribution is 0.426. The smallest absolute Gasteiger partial charge is 0.0554 e. The maximum absolute atomic E-state index is 6.61. The molecule has 3 unspecified atom stereocenters. The van der Waals surface area contributed by atoms with E-state index in [0.717, 1.165) is 23.7 Å². The Morgan fingerprint density at radius 2 is 1.83 bits per heavy atom. The Morgan fingerprint density at radius 1 is 1.00 bits per heavy atom. The average Bonchev–Trinajstić information content (AvgIpc) is 3.35. The predicted molar refractivity (Wildman–Crippen MR) is 128 cm³/mol. The van der Waals surface area contributed by atoms with Crippen molar-refractivity contribution < 1.29 is 0 Å². The van der Waals surface area contributed by atoms with Crippen LogP contribution in [0.4, 0.5) is 5.69 Å². The van der Waals surface area contributed by atoms with Gasteiger partial charge in [-0.25, -0.2) is 0 Å². The van der Waals surface area contributed by atoms with Gasteiger partial charge in [-0.2, -0.15) is 0 Å². The zero-order chi connectivity index (χ0) is 20.4. The average molecular weight is 433 g/mol. The van der Waals surface area contributed by atoms with E-state index in [-0.39, 0.29) is 6.04 Å². The molecule has 0 bridgehead atoms. The molecule has 150 valence electrons. The fourth-order valence-electron chi connectivity index (χ4n) is 5.58. The first-order valence-electron chi connectivity index (χ1n) is 10.6. The van der Waals surface area contributed by atoms with E-state index in [9.17, 15) is 0 Å². The highest BCUT2D eigenvalue weighted by Crippen LogP contribution is 2.52. The molecule has 2 heterocycles. The van der Waals surface area contributed by atoms with Crippen LogP contribution >= 0.6 is 23.2 Å². The minimum Gasteiger partial charge on any atom is -0.378 e. The number of allylic oxidation sites excluding steroid dienone is 2. The first-order chi connectivity index (χ1) is 14.7. The normalized spacial score (nSPS) is 22.3. The van der Waals surface area contributed by atoms with Gasteiger partial charge in [-0.05, 0) is 55.2 Å². The molecule has 0 spiro atoms. The van der Waals surface area contributed by atoms with Gasteiger partial charge in [0.05, 0.1) is 6.04 Å². The van der Waals surface area contributed by atoms with Gasteiger partial charge in [-0.1, -0.05) is 59.6 Å². The quantitative estimate of drug-likeness (QED) is 0.318. The number of para-hydroxylation sites is 1. The standard InChI is InChI=1S/C26H22Cl2N2/c1-2-30-23-9-4-3-6-17(23)20-12-15(10-11-24(20)30)26-19-8-5-7-18(19)25-21(28)13-16(27)14-22(25)29-26/h3-7,9-14,18-19,26,29H,2,8H2,1H3. The van der Waals surface area contributed by atoms with Gasteiger partial charge in [0.2, 0.25) is 0 Å². The van der Waals surface area contributed by atoms with Gasteiger partial charge in [0.15, 0.2) is 0 Å². The lowest BCUT2D eigenvalue weighted by Crippen LogP contribution is -2.29. The molecule has 0 radical (unpaired) electrons. The van der Waals surface area contributed by atoms with Crippen LogP contribution in [0.1, 0.15) is 36.4 Å². The summed E-state index contributed by atoms with van der Waals surface area (Å²) in [5.74, 6) is 0.775. The monoisotopic (exact) mass is 432 g/mol. The minimum absolute atomic E-state index is 0.222. The highest BCUT2D eigenvalue weighted by atomic mass is 35.5. The van der Waals surface area contributed by atoms with Gasteiger partial charge in [0.1, 0.15) is 0 Å². The summed E-state index contributed by atoms with van der Waals surface area (Å²) in [7, 11) is 0. The zero-order valence-corrected chi connectivity index (χ0v) is 18.2. The third-order valence-electron chi connectivity index (χ3n) is 6.85. The fourth-order valence-corrected chi connectivity index (χ4v) is 6.20. The molecule has 1 aromatic heterocycles. The number of anilines is 1. The Bertz CT molecular complexity index is 1330. The van der Waals surface area contributed by atoms with Crippen molar-refractivity contribution in [3.8, 4) is 0 Å². The molecule has 0 fully saturated rings. The number of rotatable bonds is 2. The van der Waals surface area contributed by atoms with Crippen molar-refractivity contribution in [2.75, 3.05) is 5.32 Å². The summed E-state index contributed by atoms with van der Waals surface area (Å²) in [4.78, 5) is 0. The van der Waals surface area contributed by atoms with Crippen molar-refractivity contribution >= 4 is 50.7 Å². The van der Waals surface area contributed by atoms with Crippen molar-refractivity contribution in [3.05, 3.63) is 87.9 Å². The number of hydrogen-bond acceptors (Lipinski definition) is 1. The van der Waals surface area contributed by atoms with E-state index in [2.05, 4.69) is 71.4 Å². The second-order valence-corrected chi connectivity index (χ2v) is 9.21. The Morgan fingerprint density at radius 3 is 2.70 bits per heavy atom. The van der Waals surface area contributed by atoms with Gasteiger partial charge in [-0.15, -0.1) is 0 Å². The summed E-state index contributed by atoms with van der Waals surface area (Å²) in [6.45, 7) is 3.17. The van der Waals surface area contributed by atoms with Crippen LogP contribution in [0.25, 0.3) is 21.8 Å². The van der Waals surface area contributed by atoms with Crippen LogP contribution in [0.5, 0.6) is 0 Å². The van der Waals surface area contributed by atoms with E-state index in [1.165, 1.54) is 32.9 Å². The van der Waals surface area contributed by atoms with Crippen LogP contribution < -0.4 is 5.32 Å². The summed E-state index contributed by atoms with van der Waals surface area (Å²) in [6, 6.07) is 19.8. The maximum Gasteiger partial charge on any atom is 0.0554 e. The van der Waals surface area contributed by atoms with Crippen molar-refractivity contribution in [1.82, 2.24) is 4.57 Å². The lowest BCUT2D eigenvalue weighted by atomic mass is 9.77. The number of hydrogen-bond donors (Lipinski definition) is 1. The Labute approximate surface area is 186 Å². The molecule has 3 aromatic carbocycles. The van der Waals surface area contributed by atoms with E-state index < -0.39 is 0 Å². The van der Waals surface area contributed by atoms with Crippen molar-refractivity contribution in [2.45, 2.75) is 31.8 Å². The first kappa shape index (κ1) is 18.4. The molecule has 30 heavy (non-hydrogen) atoms. The lowest BCUT2D eigenvalue weighted by Gasteiger charge is -2.38. The minimum atomic E-state index is 0.222. The van der Waals surface area contributed by atoms with Crippen LogP contribution in [0.3, 0.4) is 0 Å². The van der Waals surface area contributed by atoms with Crippen molar-refractivity contribution in [1.29, 1.82) is 0 Å². The third-order valence-corrected chi connectivity index (χ3v) is 7.38. The maximum atomic E-state index is 6.61. The summed E-state index contributed by atoms with van der Waals surface area (Å²) >= 11 is 12.9. The van der Waals surface area contributed by atoms with Crippen LogP contribution in [0, 0.1) is 5.92 Å². The first-order valence-corrected chi connectivity index (χ1v) is 11.3. The molecule has 0 amide bonds. The number of nitrogens with zero attached hydrogens (tertiary/aromatic N) is 1. The van der Waals surface area contributed by atoms with E-state index in [0.29, 0.717) is 16.9 Å². The van der Waals surface area contributed by atoms with E-state index in [1.54, 1.807) is 0 Å². The number of benzene rings is 3. The summed E-state index contributed by atoms with van der Waals surface area (Å²) < 4.78 is 2.40. The van der Waals surface area contributed by atoms with Crippen LogP contribution in [-0.2, 0) is 6.54 Å². The zero-order valence-electron chi connectivity index (χ0n) is 16.7. The molecule has 2 aliphatic rings. The SMILES string of the molecule is CCn1c2ccccc2c2cc(C3Nc4cc(Cl)cc(Cl)c4C4C=CCC43)ccc21. The number of aromatic nitrogens is 1. The van der Waals surface area contributed by atoms with Crippen LogP contribution in [-0.4, -0.2) is 4.57 Å². The number of halogens is 2. The molecule has 0 saturated heterocycles.